The summed E-state index contributed by atoms with van der Waals surface area (Å²) in [5.41, 5.74) is 0. The van der Waals surface area contributed by atoms with E-state index in [9.17, 15) is 0 Å². The maximum Gasteiger partial charge on any atom is 0.141 e. The highest BCUT2D eigenvalue weighted by Crippen LogP contribution is 2.11. The van der Waals surface area contributed by atoms with E-state index in [4.69, 9.17) is 4.74 Å². The second-order valence-electron chi connectivity index (χ2n) is 5.00. The second kappa shape index (κ2) is 6.26. The summed E-state index contributed by atoms with van der Waals surface area (Å²) in [5, 5.41) is 7.43. The number of likely N-dealkylation sites (N-methyl/N-ethyl adjacent to an activating group) is 1. The molecule has 0 amide bonds. The van der Waals surface area contributed by atoms with Crippen LogP contribution < -0.4 is 5.32 Å². The van der Waals surface area contributed by atoms with E-state index >= 15 is 0 Å². The number of rotatable bonds is 5. The third-order valence-corrected chi connectivity index (χ3v) is 3.16. The molecule has 1 unspecified atom stereocenters. The summed E-state index contributed by atoms with van der Waals surface area (Å²) < 4.78 is 7.69. The Morgan fingerprint density at radius 2 is 2.39 bits per heavy atom. The van der Waals surface area contributed by atoms with E-state index < -0.39 is 0 Å². The van der Waals surface area contributed by atoms with Crippen molar-refractivity contribution in [2.75, 3.05) is 33.3 Å². The van der Waals surface area contributed by atoms with Crippen molar-refractivity contribution in [3.63, 3.8) is 0 Å². The van der Waals surface area contributed by atoms with E-state index in [1.165, 1.54) is 0 Å². The van der Waals surface area contributed by atoms with Gasteiger partial charge in [-0.15, -0.1) is 0 Å². The van der Waals surface area contributed by atoms with E-state index in [0.29, 0.717) is 6.04 Å². The summed E-state index contributed by atoms with van der Waals surface area (Å²) in [7, 11) is 1.96. The summed E-state index contributed by atoms with van der Waals surface area (Å²) in [5.74, 6) is 1.04. The van der Waals surface area contributed by atoms with Crippen LogP contribution in [0, 0.1) is 0 Å². The average Bonchev–Trinajstić information content (AvgIpc) is 2.78. The number of morpholine rings is 1. The number of hydrogen-bond acceptors (Lipinski definition) is 5. The van der Waals surface area contributed by atoms with Crippen LogP contribution >= 0.6 is 0 Å². The van der Waals surface area contributed by atoms with Gasteiger partial charge in [0.1, 0.15) is 12.2 Å². The zero-order chi connectivity index (χ0) is 13.0. The van der Waals surface area contributed by atoms with Crippen molar-refractivity contribution in [1.82, 2.24) is 25.0 Å². The molecule has 1 N–H and O–H groups in total. The lowest BCUT2D eigenvalue weighted by Gasteiger charge is -2.32. The van der Waals surface area contributed by atoms with E-state index in [1.807, 2.05) is 11.7 Å². The Kier molecular flexibility index (Phi) is 4.68. The Bertz CT molecular complexity index is 363. The molecule has 1 atom stereocenters. The molecule has 2 rings (SSSR count). The Morgan fingerprint density at radius 1 is 1.56 bits per heavy atom. The van der Waals surface area contributed by atoms with Crippen LogP contribution in [0.15, 0.2) is 6.33 Å². The first-order chi connectivity index (χ1) is 8.70. The summed E-state index contributed by atoms with van der Waals surface area (Å²) in [6.45, 7) is 8.71. The van der Waals surface area contributed by atoms with E-state index in [1.54, 1.807) is 6.33 Å². The molecular formula is C12H23N5O. The third-order valence-electron chi connectivity index (χ3n) is 3.16. The van der Waals surface area contributed by atoms with Gasteiger partial charge in [0.15, 0.2) is 0 Å². The number of hydrogen-bond donors (Lipinski definition) is 1. The minimum Gasteiger partial charge on any atom is -0.374 e. The van der Waals surface area contributed by atoms with Crippen molar-refractivity contribution >= 4 is 0 Å². The first kappa shape index (κ1) is 13.5. The largest absolute Gasteiger partial charge is 0.374 e. The van der Waals surface area contributed by atoms with Gasteiger partial charge in [-0.2, -0.15) is 5.10 Å². The predicted molar refractivity (Wildman–Crippen MR) is 69.4 cm³/mol. The van der Waals surface area contributed by atoms with Crippen LogP contribution in [0.4, 0.5) is 0 Å². The molecule has 1 aromatic heterocycles. The predicted octanol–water partition coefficient (Wildman–Crippen LogP) is 0.279. The lowest BCUT2D eigenvalue weighted by Crippen LogP contribution is -2.46. The first-order valence-corrected chi connectivity index (χ1v) is 6.57. The SMILES string of the molecule is CNCC1CN(Cc2ncnn2C(C)C)CCO1. The quantitative estimate of drug-likeness (QED) is 0.817. The third kappa shape index (κ3) is 3.28. The minimum atomic E-state index is 0.277. The van der Waals surface area contributed by atoms with Crippen LogP contribution in [0.25, 0.3) is 0 Å². The van der Waals surface area contributed by atoms with Gasteiger partial charge in [0.2, 0.25) is 0 Å². The molecule has 18 heavy (non-hydrogen) atoms. The van der Waals surface area contributed by atoms with Crippen molar-refractivity contribution < 1.29 is 4.74 Å². The smallest absolute Gasteiger partial charge is 0.141 e. The molecule has 0 saturated carbocycles. The fraction of sp³-hybridized carbons (Fsp3) is 0.833. The number of ether oxygens (including phenoxy) is 1. The highest BCUT2D eigenvalue weighted by atomic mass is 16.5. The number of nitrogens with zero attached hydrogens (tertiary/aromatic N) is 4. The molecule has 1 saturated heterocycles. The zero-order valence-electron chi connectivity index (χ0n) is 11.5. The molecule has 1 fully saturated rings. The Hall–Kier alpha value is -0.980. The van der Waals surface area contributed by atoms with Crippen molar-refractivity contribution in [1.29, 1.82) is 0 Å². The van der Waals surface area contributed by atoms with Gasteiger partial charge < -0.3 is 10.1 Å². The van der Waals surface area contributed by atoms with Crippen LogP contribution in [0.3, 0.4) is 0 Å². The van der Waals surface area contributed by atoms with Gasteiger partial charge in [-0.05, 0) is 20.9 Å². The maximum atomic E-state index is 5.70. The normalized spacial score (nSPS) is 21.7. The molecule has 6 nitrogen and oxygen atoms in total. The van der Waals surface area contributed by atoms with Crippen LogP contribution in [0.1, 0.15) is 25.7 Å². The molecule has 102 valence electrons. The molecule has 1 aromatic rings. The van der Waals surface area contributed by atoms with E-state index in [-0.39, 0.29) is 6.10 Å². The van der Waals surface area contributed by atoms with Crippen molar-refractivity contribution in [2.24, 2.45) is 0 Å². The molecule has 2 heterocycles. The first-order valence-electron chi connectivity index (χ1n) is 6.57. The van der Waals surface area contributed by atoms with Crippen LogP contribution in [-0.4, -0.2) is 59.1 Å². The van der Waals surface area contributed by atoms with Crippen molar-refractivity contribution in [3.05, 3.63) is 12.2 Å². The molecular weight excluding hydrogens is 230 g/mol. The standard InChI is InChI=1S/C12H23N5O/c1-10(2)17-12(14-9-15-17)8-16-4-5-18-11(7-16)6-13-3/h9-11,13H,4-8H2,1-3H3. The molecule has 1 aliphatic heterocycles. The zero-order valence-corrected chi connectivity index (χ0v) is 11.5. The van der Waals surface area contributed by atoms with Gasteiger partial charge in [0.25, 0.3) is 0 Å². The molecule has 0 radical (unpaired) electrons. The van der Waals surface area contributed by atoms with Crippen LogP contribution in [-0.2, 0) is 11.3 Å². The van der Waals surface area contributed by atoms with Gasteiger partial charge >= 0.3 is 0 Å². The summed E-state index contributed by atoms with van der Waals surface area (Å²) >= 11 is 0. The Morgan fingerprint density at radius 3 is 3.11 bits per heavy atom. The van der Waals surface area contributed by atoms with Gasteiger partial charge in [-0.1, -0.05) is 0 Å². The molecule has 0 bridgehead atoms. The van der Waals surface area contributed by atoms with Crippen LogP contribution in [0.5, 0.6) is 0 Å². The van der Waals surface area contributed by atoms with Gasteiger partial charge in [0, 0.05) is 25.7 Å². The van der Waals surface area contributed by atoms with Gasteiger partial charge in [-0.25, -0.2) is 9.67 Å². The van der Waals surface area contributed by atoms with Crippen molar-refractivity contribution in [3.8, 4) is 0 Å². The van der Waals surface area contributed by atoms with Crippen LogP contribution in [0.2, 0.25) is 0 Å². The summed E-state index contributed by atoms with van der Waals surface area (Å²) in [6.07, 6.45) is 1.92. The fourth-order valence-corrected chi connectivity index (χ4v) is 2.29. The lowest BCUT2D eigenvalue weighted by molar-refractivity contribution is -0.0303. The minimum absolute atomic E-state index is 0.277. The lowest BCUT2D eigenvalue weighted by atomic mass is 10.2. The highest BCUT2D eigenvalue weighted by Gasteiger charge is 2.21. The van der Waals surface area contributed by atoms with Gasteiger partial charge in [0.05, 0.1) is 19.3 Å². The molecule has 0 aliphatic carbocycles. The summed E-state index contributed by atoms with van der Waals surface area (Å²) in [4.78, 5) is 6.74. The molecule has 6 heteroatoms. The average molecular weight is 253 g/mol. The Labute approximate surface area is 108 Å². The summed E-state index contributed by atoms with van der Waals surface area (Å²) in [6, 6.07) is 0.358. The Balaban J connectivity index is 1.94. The van der Waals surface area contributed by atoms with E-state index in [2.05, 4.69) is 34.1 Å². The highest BCUT2D eigenvalue weighted by molar-refractivity contribution is 4.88. The van der Waals surface area contributed by atoms with E-state index in [0.717, 1.165) is 38.6 Å². The maximum absolute atomic E-state index is 5.70. The monoisotopic (exact) mass is 253 g/mol. The second-order valence-corrected chi connectivity index (χ2v) is 5.00. The fourth-order valence-electron chi connectivity index (χ4n) is 2.29. The molecule has 0 aromatic carbocycles. The molecule has 0 spiro atoms. The van der Waals surface area contributed by atoms with Crippen molar-refractivity contribution in [2.45, 2.75) is 32.5 Å². The van der Waals surface area contributed by atoms with Gasteiger partial charge in [-0.3, -0.25) is 4.90 Å². The molecule has 1 aliphatic rings. The topological polar surface area (TPSA) is 55.2 Å². The number of aromatic nitrogens is 3. The number of nitrogens with one attached hydrogen (secondary N) is 1.